The fourth-order valence-corrected chi connectivity index (χ4v) is 2.31. The first-order valence-corrected chi connectivity index (χ1v) is 6.45. The maximum absolute atomic E-state index is 13.1. The number of hydrogen-bond acceptors (Lipinski definition) is 2. The molecule has 0 heterocycles. The van der Waals surface area contributed by atoms with Gasteiger partial charge in [-0.3, -0.25) is 0 Å². The largest absolute Gasteiger partial charge is 0.485 e. The molecule has 0 atom stereocenters. The molecule has 0 bridgehead atoms. The molecule has 0 aromatic heterocycles. The summed E-state index contributed by atoms with van der Waals surface area (Å²) in [6.07, 6.45) is 0. The second-order valence-electron chi connectivity index (χ2n) is 3.83. The fraction of sp³-hybridized carbons (Fsp3) is 0.0769. The standard InChI is InChI=1S/C13H9BrClF2NO/c14-10-3-9(17)5-12(18)13(10)19-6-7-1-2-8(16)4-11(7)15/h1-5H,6,18H2. The highest BCUT2D eigenvalue weighted by Crippen LogP contribution is 2.33. The summed E-state index contributed by atoms with van der Waals surface area (Å²) in [5.74, 6) is -0.561. The number of rotatable bonds is 3. The lowest BCUT2D eigenvalue weighted by molar-refractivity contribution is 0.305. The van der Waals surface area contributed by atoms with Crippen molar-refractivity contribution in [1.29, 1.82) is 0 Å². The number of benzene rings is 2. The van der Waals surface area contributed by atoms with Crippen molar-refractivity contribution < 1.29 is 13.5 Å². The maximum Gasteiger partial charge on any atom is 0.157 e. The van der Waals surface area contributed by atoms with E-state index in [1.807, 2.05) is 0 Å². The van der Waals surface area contributed by atoms with Gasteiger partial charge in [0.05, 0.1) is 15.2 Å². The normalized spacial score (nSPS) is 10.5. The minimum atomic E-state index is -0.462. The molecule has 2 aromatic rings. The summed E-state index contributed by atoms with van der Waals surface area (Å²) >= 11 is 9.04. The number of anilines is 1. The van der Waals surface area contributed by atoms with Crippen LogP contribution in [-0.2, 0) is 6.61 Å². The molecule has 0 aliphatic heterocycles. The Labute approximate surface area is 122 Å². The number of nitrogens with two attached hydrogens (primary N) is 1. The smallest absolute Gasteiger partial charge is 0.157 e. The molecule has 0 radical (unpaired) electrons. The lowest BCUT2D eigenvalue weighted by Crippen LogP contribution is -2.01. The van der Waals surface area contributed by atoms with Crippen LogP contribution in [-0.4, -0.2) is 0 Å². The van der Waals surface area contributed by atoms with Crippen molar-refractivity contribution in [3.63, 3.8) is 0 Å². The molecule has 2 rings (SSSR count). The zero-order chi connectivity index (χ0) is 14.0. The summed E-state index contributed by atoms with van der Waals surface area (Å²) in [5, 5.41) is 0.261. The van der Waals surface area contributed by atoms with Gasteiger partial charge in [-0.1, -0.05) is 17.7 Å². The van der Waals surface area contributed by atoms with Gasteiger partial charge in [0, 0.05) is 11.6 Å². The average Bonchev–Trinajstić information content (AvgIpc) is 2.30. The van der Waals surface area contributed by atoms with Gasteiger partial charge in [0.1, 0.15) is 18.2 Å². The van der Waals surface area contributed by atoms with E-state index in [0.29, 0.717) is 15.8 Å². The van der Waals surface area contributed by atoms with Crippen LogP contribution in [0.25, 0.3) is 0 Å². The Hall–Kier alpha value is -1.33. The molecule has 0 fully saturated rings. The van der Waals surface area contributed by atoms with Crippen molar-refractivity contribution in [1.82, 2.24) is 0 Å². The molecule has 0 aliphatic rings. The predicted octanol–water partition coefficient (Wildman–Crippen LogP) is 4.54. The van der Waals surface area contributed by atoms with Gasteiger partial charge in [-0.2, -0.15) is 0 Å². The van der Waals surface area contributed by atoms with Gasteiger partial charge >= 0.3 is 0 Å². The summed E-state index contributed by atoms with van der Waals surface area (Å²) in [4.78, 5) is 0. The molecular weight excluding hydrogens is 340 g/mol. The Bertz CT molecular complexity index is 599. The van der Waals surface area contributed by atoms with Crippen LogP contribution in [0.5, 0.6) is 5.75 Å². The van der Waals surface area contributed by atoms with Crippen molar-refractivity contribution in [2.75, 3.05) is 5.73 Å². The van der Waals surface area contributed by atoms with E-state index < -0.39 is 11.6 Å². The SMILES string of the molecule is Nc1cc(F)cc(Br)c1OCc1ccc(F)cc1Cl. The minimum Gasteiger partial charge on any atom is -0.485 e. The van der Waals surface area contributed by atoms with Gasteiger partial charge < -0.3 is 10.5 Å². The van der Waals surface area contributed by atoms with E-state index in [1.54, 1.807) is 0 Å². The van der Waals surface area contributed by atoms with Crippen molar-refractivity contribution in [2.24, 2.45) is 0 Å². The van der Waals surface area contributed by atoms with Crippen molar-refractivity contribution in [3.8, 4) is 5.75 Å². The van der Waals surface area contributed by atoms with Gasteiger partial charge in [-0.15, -0.1) is 0 Å². The van der Waals surface area contributed by atoms with E-state index in [4.69, 9.17) is 22.1 Å². The van der Waals surface area contributed by atoms with E-state index in [0.717, 1.165) is 6.07 Å². The van der Waals surface area contributed by atoms with E-state index >= 15 is 0 Å². The van der Waals surface area contributed by atoms with E-state index in [2.05, 4.69) is 15.9 Å². The quantitative estimate of drug-likeness (QED) is 0.826. The van der Waals surface area contributed by atoms with Crippen LogP contribution in [0.15, 0.2) is 34.8 Å². The highest BCUT2D eigenvalue weighted by atomic mass is 79.9. The number of halogens is 4. The maximum atomic E-state index is 13.1. The second-order valence-corrected chi connectivity index (χ2v) is 5.09. The monoisotopic (exact) mass is 347 g/mol. The third-order valence-corrected chi connectivity index (χ3v) is 3.37. The Balaban J connectivity index is 2.19. The van der Waals surface area contributed by atoms with Crippen molar-refractivity contribution in [2.45, 2.75) is 6.61 Å². The molecule has 0 saturated heterocycles. The summed E-state index contributed by atoms with van der Waals surface area (Å²) in [6.45, 7) is 0.105. The molecule has 0 unspecified atom stereocenters. The van der Waals surface area contributed by atoms with Crippen LogP contribution < -0.4 is 10.5 Å². The first-order chi connectivity index (χ1) is 8.97. The van der Waals surface area contributed by atoms with Crippen LogP contribution in [0.1, 0.15) is 5.56 Å². The predicted molar refractivity (Wildman–Crippen MR) is 74.3 cm³/mol. The van der Waals surface area contributed by atoms with E-state index in [1.165, 1.54) is 24.3 Å². The fourth-order valence-electron chi connectivity index (χ4n) is 1.52. The molecule has 100 valence electrons. The summed E-state index contributed by atoms with van der Waals surface area (Å²) in [6, 6.07) is 6.41. The zero-order valence-electron chi connectivity index (χ0n) is 9.59. The summed E-state index contributed by atoms with van der Waals surface area (Å²) < 4.78 is 31.8. The molecule has 19 heavy (non-hydrogen) atoms. The van der Waals surface area contributed by atoms with E-state index in [-0.39, 0.29) is 17.3 Å². The lowest BCUT2D eigenvalue weighted by Gasteiger charge is -2.12. The molecule has 2 aromatic carbocycles. The van der Waals surface area contributed by atoms with Gasteiger partial charge in [-0.25, -0.2) is 8.78 Å². The summed E-state index contributed by atoms with van der Waals surface area (Å²) in [7, 11) is 0. The third kappa shape index (κ3) is 3.36. The van der Waals surface area contributed by atoms with Crippen LogP contribution >= 0.6 is 27.5 Å². The van der Waals surface area contributed by atoms with Crippen molar-refractivity contribution in [3.05, 3.63) is 57.0 Å². The van der Waals surface area contributed by atoms with Gasteiger partial charge in [0.15, 0.2) is 5.75 Å². The highest BCUT2D eigenvalue weighted by Gasteiger charge is 2.10. The lowest BCUT2D eigenvalue weighted by atomic mass is 10.2. The molecule has 0 saturated carbocycles. The Morgan fingerprint density at radius 3 is 2.53 bits per heavy atom. The third-order valence-electron chi connectivity index (χ3n) is 2.42. The second kappa shape index (κ2) is 5.75. The van der Waals surface area contributed by atoms with Crippen molar-refractivity contribution >= 4 is 33.2 Å². The molecule has 0 aliphatic carbocycles. The van der Waals surface area contributed by atoms with Crippen LogP contribution in [0.4, 0.5) is 14.5 Å². The number of hydrogen-bond donors (Lipinski definition) is 1. The van der Waals surface area contributed by atoms with E-state index in [9.17, 15) is 8.78 Å². The Morgan fingerprint density at radius 2 is 1.89 bits per heavy atom. The molecular formula is C13H9BrClF2NO. The Morgan fingerprint density at radius 1 is 1.16 bits per heavy atom. The van der Waals surface area contributed by atoms with Gasteiger partial charge in [0.2, 0.25) is 0 Å². The summed E-state index contributed by atoms with van der Waals surface area (Å²) in [5.41, 5.74) is 6.44. The zero-order valence-corrected chi connectivity index (χ0v) is 11.9. The molecule has 0 amide bonds. The first-order valence-electron chi connectivity index (χ1n) is 5.28. The topological polar surface area (TPSA) is 35.2 Å². The Kier molecular flexibility index (Phi) is 4.27. The van der Waals surface area contributed by atoms with Gasteiger partial charge in [-0.05, 0) is 34.1 Å². The highest BCUT2D eigenvalue weighted by molar-refractivity contribution is 9.10. The number of nitrogen functional groups attached to an aromatic ring is 1. The number of ether oxygens (including phenoxy) is 1. The first kappa shape index (κ1) is 14.1. The van der Waals surface area contributed by atoms with Crippen LogP contribution in [0.3, 0.4) is 0 Å². The van der Waals surface area contributed by atoms with Crippen LogP contribution in [0, 0.1) is 11.6 Å². The molecule has 0 spiro atoms. The molecule has 2 nitrogen and oxygen atoms in total. The minimum absolute atomic E-state index is 0.105. The van der Waals surface area contributed by atoms with Gasteiger partial charge in [0.25, 0.3) is 0 Å². The molecule has 2 N–H and O–H groups in total. The van der Waals surface area contributed by atoms with Crippen LogP contribution in [0.2, 0.25) is 5.02 Å². The molecule has 6 heteroatoms. The average molecular weight is 349 g/mol.